The fourth-order valence-corrected chi connectivity index (χ4v) is 2.32. The van der Waals surface area contributed by atoms with Crippen molar-refractivity contribution in [2.75, 3.05) is 11.0 Å². The molecule has 0 saturated carbocycles. The second kappa shape index (κ2) is 5.92. The van der Waals surface area contributed by atoms with Crippen molar-refractivity contribution in [2.24, 2.45) is 0 Å². The number of nitrogens with one attached hydrogen (secondary N) is 1. The smallest absolute Gasteiger partial charge is 0.303 e. The maximum absolute atomic E-state index is 11.1. The summed E-state index contributed by atoms with van der Waals surface area (Å²) in [7, 11) is -3.40. The molecule has 0 aliphatic carbocycles. The number of benzene rings is 1. The van der Waals surface area contributed by atoms with E-state index in [1.165, 1.54) is 0 Å². The minimum absolute atomic E-state index is 0.000890. The quantitative estimate of drug-likeness (QED) is 0.735. The lowest BCUT2D eigenvalue weighted by Crippen LogP contribution is -2.10. The molecule has 0 amide bonds. The molecular weight excluding hydrogens is 270 g/mol. The Bertz CT molecular complexity index is 580. The lowest BCUT2D eigenvalue weighted by molar-refractivity contribution is -0.137. The summed E-state index contributed by atoms with van der Waals surface area (Å²) in [6.07, 6.45) is 1.91. The molecule has 1 aromatic carbocycles. The Morgan fingerprint density at radius 1 is 1.37 bits per heavy atom. The van der Waals surface area contributed by atoms with Gasteiger partial charge >= 0.3 is 5.97 Å². The van der Waals surface area contributed by atoms with Gasteiger partial charge in [0.1, 0.15) is 5.75 Å². The molecule has 0 spiro atoms. The van der Waals surface area contributed by atoms with Gasteiger partial charge in [0.05, 0.1) is 11.9 Å². The lowest BCUT2D eigenvalue weighted by Gasteiger charge is -2.12. The van der Waals surface area contributed by atoms with E-state index in [1.54, 1.807) is 19.1 Å². The predicted molar refractivity (Wildman–Crippen MR) is 71.9 cm³/mol. The number of anilines is 1. The number of hydrogen-bond acceptors (Lipinski definition) is 4. The molecule has 0 fully saturated rings. The van der Waals surface area contributed by atoms with E-state index in [1.807, 2.05) is 0 Å². The van der Waals surface area contributed by atoms with Gasteiger partial charge in [-0.05, 0) is 31.4 Å². The third-order valence-electron chi connectivity index (χ3n) is 2.65. The molecule has 0 bridgehead atoms. The van der Waals surface area contributed by atoms with E-state index >= 15 is 0 Å². The number of carboxylic acids is 1. The maximum Gasteiger partial charge on any atom is 0.303 e. The molecule has 0 aliphatic rings. The minimum atomic E-state index is -3.40. The molecule has 7 heteroatoms. The van der Waals surface area contributed by atoms with Crippen molar-refractivity contribution in [3.63, 3.8) is 0 Å². The molecule has 1 aromatic rings. The third-order valence-corrected chi connectivity index (χ3v) is 3.24. The Kier molecular flexibility index (Phi) is 4.77. The Balaban J connectivity index is 2.88. The first-order valence-corrected chi connectivity index (χ1v) is 7.61. The van der Waals surface area contributed by atoms with E-state index in [9.17, 15) is 18.3 Å². The van der Waals surface area contributed by atoms with E-state index in [-0.39, 0.29) is 12.2 Å². The van der Waals surface area contributed by atoms with Gasteiger partial charge in [0.2, 0.25) is 10.0 Å². The monoisotopic (exact) mass is 287 g/mol. The number of aromatic hydroxyl groups is 1. The van der Waals surface area contributed by atoms with Crippen LogP contribution in [0.2, 0.25) is 0 Å². The Labute approximate surface area is 112 Å². The van der Waals surface area contributed by atoms with Crippen LogP contribution in [0.3, 0.4) is 0 Å². The minimum Gasteiger partial charge on any atom is -0.507 e. The fourth-order valence-electron chi connectivity index (χ4n) is 1.70. The molecule has 0 heterocycles. The predicted octanol–water partition coefficient (Wildman–Crippen LogP) is 1.48. The number of hydrogen-bond donors (Lipinski definition) is 3. The third kappa shape index (κ3) is 4.78. The summed E-state index contributed by atoms with van der Waals surface area (Å²) < 4.78 is 24.6. The van der Waals surface area contributed by atoms with Crippen molar-refractivity contribution in [3.8, 4) is 5.75 Å². The highest BCUT2D eigenvalue weighted by molar-refractivity contribution is 7.92. The van der Waals surface area contributed by atoms with Gasteiger partial charge in [-0.15, -0.1) is 0 Å². The highest BCUT2D eigenvalue weighted by atomic mass is 32.2. The summed E-state index contributed by atoms with van der Waals surface area (Å²) >= 11 is 0. The topological polar surface area (TPSA) is 104 Å². The fraction of sp³-hybridized carbons (Fsp3) is 0.417. The van der Waals surface area contributed by atoms with Gasteiger partial charge < -0.3 is 10.2 Å². The Morgan fingerprint density at radius 2 is 2.00 bits per heavy atom. The van der Waals surface area contributed by atoms with Crippen LogP contribution in [0.25, 0.3) is 0 Å². The van der Waals surface area contributed by atoms with Crippen LogP contribution in [0.15, 0.2) is 12.1 Å². The van der Waals surface area contributed by atoms with Crippen LogP contribution in [0.1, 0.15) is 24.0 Å². The maximum atomic E-state index is 11.1. The number of phenolic OH excluding ortho intramolecular Hbond substituents is 1. The number of carboxylic acid groups (broad SMARTS) is 1. The van der Waals surface area contributed by atoms with Crippen LogP contribution in [-0.2, 0) is 21.2 Å². The van der Waals surface area contributed by atoms with Crippen molar-refractivity contribution in [1.82, 2.24) is 0 Å². The summed E-state index contributed by atoms with van der Waals surface area (Å²) in [6, 6.07) is 3.16. The van der Waals surface area contributed by atoms with E-state index in [2.05, 4.69) is 4.72 Å². The standard InChI is InChI=1S/C12H17NO5S/c1-8-10(13-19(2,17)18)7-6-9(12(8)16)4-3-5-11(14)15/h6-7,13,16H,3-5H2,1-2H3,(H,14,15). The van der Waals surface area contributed by atoms with Crippen LogP contribution < -0.4 is 4.72 Å². The van der Waals surface area contributed by atoms with Gasteiger partial charge in [0.25, 0.3) is 0 Å². The van der Waals surface area contributed by atoms with E-state index in [0.29, 0.717) is 29.7 Å². The molecule has 106 valence electrons. The molecule has 0 unspecified atom stereocenters. The van der Waals surface area contributed by atoms with Crippen LogP contribution in [-0.4, -0.2) is 30.9 Å². The molecule has 0 atom stereocenters. The molecule has 3 N–H and O–H groups in total. The zero-order valence-electron chi connectivity index (χ0n) is 10.8. The molecular formula is C12H17NO5S. The molecule has 0 radical (unpaired) electrons. The second-order valence-corrected chi connectivity index (χ2v) is 6.12. The van der Waals surface area contributed by atoms with Gasteiger partial charge in [0, 0.05) is 12.0 Å². The van der Waals surface area contributed by atoms with Crippen molar-refractivity contribution < 1.29 is 23.4 Å². The zero-order chi connectivity index (χ0) is 14.6. The number of carbonyl (C=O) groups is 1. The first kappa shape index (κ1) is 15.3. The molecule has 0 saturated heterocycles. The second-order valence-electron chi connectivity index (χ2n) is 4.37. The van der Waals surface area contributed by atoms with Crippen molar-refractivity contribution in [3.05, 3.63) is 23.3 Å². The lowest BCUT2D eigenvalue weighted by atomic mass is 10.0. The normalized spacial score (nSPS) is 11.3. The average Bonchev–Trinajstić information content (AvgIpc) is 2.26. The van der Waals surface area contributed by atoms with E-state index in [0.717, 1.165) is 6.26 Å². The van der Waals surface area contributed by atoms with Crippen LogP contribution in [0, 0.1) is 6.92 Å². The van der Waals surface area contributed by atoms with Gasteiger partial charge in [-0.3, -0.25) is 9.52 Å². The first-order valence-electron chi connectivity index (χ1n) is 5.71. The summed E-state index contributed by atoms with van der Waals surface area (Å²) in [5.74, 6) is -0.884. The van der Waals surface area contributed by atoms with Crippen molar-refractivity contribution in [1.29, 1.82) is 0 Å². The summed E-state index contributed by atoms with van der Waals surface area (Å²) in [4.78, 5) is 10.4. The SMILES string of the molecule is Cc1c(NS(C)(=O)=O)ccc(CCCC(=O)O)c1O. The average molecular weight is 287 g/mol. The molecule has 0 aromatic heterocycles. The number of aryl methyl sites for hydroxylation is 1. The van der Waals surface area contributed by atoms with Gasteiger partial charge in [0.15, 0.2) is 0 Å². The number of phenols is 1. The van der Waals surface area contributed by atoms with Crippen LogP contribution in [0.5, 0.6) is 5.75 Å². The highest BCUT2D eigenvalue weighted by Crippen LogP contribution is 2.30. The summed E-state index contributed by atoms with van der Waals surface area (Å²) in [6.45, 7) is 1.60. The van der Waals surface area contributed by atoms with Gasteiger partial charge in [-0.2, -0.15) is 0 Å². The summed E-state index contributed by atoms with van der Waals surface area (Å²) in [5, 5.41) is 18.5. The van der Waals surface area contributed by atoms with Gasteiger partial charge in [-0.1, -0.05) is 6.07 Å². The molecule has 19 heavy (non-hydrogen) atoms. The Morgan fingerprint density at radius 3 is 2.53 bits per heavy atom. The number of sulfonamides is 1. The molecule has 6 nitrogen and oxygen atoms in total. The molecule has 0 aliphatic heterocycles. The largest absolute Gasteiger partial charge is 0.507 e. The van der Waals surface area contributed by atoms with Crippen LogP contribution in [0.4, 0.5) is 5.69 Å². The van der Waals surface area contributed by atoms with E-state index < -0.39 is 16.0 Å². The van der Waals surface area contributed by atoms with E-state index in [4.69, 9.17) is 5.11 Å². The number of rotatable bonds is 6. The van der Waals surface area contributed by atoms with Crippen LogP contribution >= 0.6 is 0 Å². The number of aliphatic carboxylic acids is 1. The molecule has 1 rings (SSSR count). The first-order chi connectivity index (χ1) is 8.70. The summed E-state index contributed by atoms with van der Waals surface area (Å²) in [5.41, 5.74) is 1.36. The Hall–Kier alpha value is -1.76. The van der Waals surface area contributed by atoms with Crippen molar-refractivity contribution in [2.45, 2.75) is 26.2 Å². The van der Waals surface area contributed by atoms with Gasteiger partial charge in [-0.25, -0.2) is 8.42 Å². The zero-order valence-corrected chi connectivity index (χ0v) is 11.6. The highest BCUT2D eigenvalue weighted by Gasteiger charge is 2.12. The van der Waals surface area contributed by atoms with Crippen molar-refractivity contribution >= 4 is 21.7 Å².